The maximum absolute atomic E-state index is 11.5. The van der Waals surface area contributed by atoms with Gasteiger partial charge in [0, 0.05) is 11.8 Å². The van der Waals surface area contributed by atoms with Gasteiger partial charge in [0.25, 0.3) is 0 Å². The predicted molar refractivity (Wildman–Crippen MR) is 52.6 cm³/mol. The van der Waals surface area contributed by atoms with Gasteiger partial charge < -0.3 is 4.74 Å². The van der Waals surface area contributed by atoms with E-state index in [1.807, 2.05) is 26.0 Å². The smallest absolute Gasteiger partial charge is 0.318 e. The fraction of sp³-hybridized carbons (Fsp3) is 0.500. The van der Waals surface area contributed by atoms with Crippen molar-refractivity contribution in [2.75, 3.05) is 0 Å². The lowest BCUT2D eigenvalue weighted by molar-refractivity contribution is -0.154. The summed E-state index contributed by atoms with van der Waals surface area (Å²) in [6.45, 7) is 4.08. The zero-order valence-electron chi connectivity index (χ0n) is 8.69. The van der Waals surface area contributed by atoms with Gasteiger partial charge in [-0.1, -0.05) is 23.3 Å². The molecule has 4 atom stereocenters. The highest BCUT2D eigenvalue weighted by Gasteiger charge is 2.60. The van der Waals surface area contributed by atoms with E-state index in [1.165, 1.54) is 11.1 Å². The number of fused-ring (bicyclic) bond motifs is 5. The molecule has 78 valence electrons. The van der Waals surface area contributed by atoms with E-state index in [1.54, 1.807) is 0 Å². The SMILES string of the molecule is CC(C)=C1[C@H]2C=C[C@@H]1[C@H]1C(=O)OC(=O)[C@H]12. The molecule has 1 saturated heterocycles. The van der Waals surface area contributed by atoms with Crippen LogP contribution >= 0.6 is 0 Å². The van der Waals surface area contributed by atoms with Gasteiger partial charge in [-0.15, -0.1) is 0 Å². The molecule has 1 heterocycles. The minimum Gasteiger partial charge on any atom is -0.393 e. The molecule has 3 rings (SSSR count). The van der Waals surface area contributed by atoms with Crippen LogP contribution in [0.4, 0.5) is 0 Å². The average molecular weight is 204 g/mol. The zero-order chi connectivity index (χ0) is 10.7. The van der Waals surface area contributed by atoms with Crippen LogP contribution in [-0.4, -0.2) is 11.9 Å². The Morgan fingerprint density at radius 1 is 1.07 bits per heavy atom. The Labute approximate surface area is 87.8 Å². The summed E-state index contributed by atoms with van der Waals surface area (Å²) in [5, 5.41) is 0. The van der Waals surface area contributed by atoms with E-state index in [-0.39, 0.29) is 35.6 Å². The van der Waals surface area contributed by atoms with Crippen molar-refractivity contribution >= 4 is 11.9 Å². The molecule has 0 aromatic carbocycles. The molecule has 1 aliphatic heterocycles. The van der Waals surface area contributed by atoms with Crippen LogP contribution in [0.3, 0.4) is 0 Å². The second-order valence-electron chi connectivity index (χ2n) is 4.68. The Morgan fingerprint density at radius 2 is 1.53 bits per heavy atom. The predicted octanol–water partition coefficient (Wildman–Crippen LogP) is 1.45. The monoisotopic (exact) mass is 204 g/mol. The fourth-order valence-electron chi connectivity index (χ4n) is 3.23. The van der Waals surface area contributed by atoms with Crippen molar-refractivity contribution in [3.63, 3.8) is 0 Å². The normalized spacial score (nSPS) is 41.1. The minimum atomic E-state index is -0.333. The van der Waals surface area contributed by atoms with Gasteiger partial charge >= 0.3 is 11.9 Å². The van der Waals surface area contributed by atoms with E-state index in [2.05, 4.69) is 0 Å². The molecular formula is C12H12O3. The van der Waals surface area contributed by atoms with Gasteiger partial charge in [0.2, 0.25) is 0 Å². The maximum Gasteiger partial charge on any atom is 0.318 e. The van der Waals surface area contributed by atoms with E-state index in [9.17, 15) is 9.59 Å². The van der Waals surface area contributed by atoms with Gasteiger partial charge in [0.05, 0.1) is 11.8 Å². The van der Waals surface area contributed by atoms with E-state index in [0.29, 0.717) is 0 Å². The molecule has 0 N–H and O–H groups in total. The molecule has 0 amide bonds. The van der Waals surface area contributed by atoms with Crippen molar-refractivity contribution < 1.29 is 14.3 Å². The van der Waals surface area contributed by atoms with E-state index in [4.69, 9.17) is 4.74 Å². The first-order valence-corrected chi connectivity index (χ1v) is 5.22. The van der Waals surface area contributed by atoms with Crippen LogP contribution in [-0.2, 0) is 14.3 Å². The van der Waals surface area contributed by atoms with Crippen molar-refractivity contribution in [1.82, 2.24) is 0 Å². The largest absolute Gasteiger partial charge is 0.393 e. The van der Waals surface area contributed by atoms with Crippen molar-refractivity contribution in [3.05, 3.63) is 23.3 Å². The fourth-order valence-corrected chi connectivity index (χ4v) is 3.23. The molecule has 3 aliphatic rings. The third-order valence-corrected chi connectivity index (χ3v) is 3.73. The number of allylic oxidation sites excluding steroid dienone is 4. The van der Waals surface area contributed by atoms with Crippen LogP contribution in [0.5, 0.6) is 0 Å². The molecule has 2 aliphatic carbocycles. The highest BCUT2D eigenvalue weighted by Crippen LogP contribution is 2.55. The van der Waals surface area contributed by atoms with E-state index in [0.717, 1.165) is 0 Å². The third-order valence-electron chi connectivity index (χ3n) is 3.73. The summed E-state index contributed by atoms with van der Waals surface area (Å²) in [7, 11) is 0. The summed E-state index contributed by atoms with van der Waals surface area (Å²) >= 11 is 0. The topological polar surface area (TPSA) is 43.4 Å². The molecule has 3 heteroatoms. The summed E-state index contributed by atoms with van der Waals surface area (Å²) < 4.78 is 4.70. The molecule has 0 spiro atoms. The molecule has 0 aromatic heterocycles. The quantitative estimate of drug-likeness (QED) is 0.341. The number of cyclic esters (lactones) is 2. The van der Waals surface area contributed by atoms with Gasteiger partial charge in [0.15, 0.2) is 0 Å². The molecule has 0 unspecified atom stereocenters. The van der Waals surface area contributed by atoms with Gasteiger partial charge in [-0.2, -0.15) is 0 Å². The highest BCUT2D eigenvalue weighted by molar-refractivity contribution is 5.99. The van der Waals surface area contributed by atoms with E-state index < -0.39 is 0 Å². The minimum absolute atomic E-state index is 0.115. The maximum atomic E-state index is 11.5. The summed E-state index contributed by atoms with van der Waals surface area (Å²) in [6.07, 6.45) is 4.10. The summed E-state index contributed by atoms with van der Waals surface area (Å²) in [5.41, 5.74) is 2.49. The number of carbonyl (C=O) groups is 2. The number of carbonyl (C=O) groups excluding carboxylic acids is 2. The lowest BCUT2D eigenvalue weighted by Gasteiger charge is -2.11. The molecule has 0 radical (unpaired) electrons. The number of hydrogen-bond donors (Lipinski definition) is 0. The first kappa shape index (κ1) is 8.89. The summed E-state index contributed by atoms with van der Waals surface area (Å²) in [5.74, 6) is -0.913. The molecular weight excluding hydrogens is 192 g/mol. The van der Waals surface area contributed by atoms with Crippen molar-refractivity contribution in [2.45, 2.75) is 13.8 Å². The number of ether oxygens (including phenoxy) is 1. The van der Waals surface area contributed by atoms with Crippen molar-refractivity contribution in [3.8, 4) is 0 Å². The first-order valence-electron chi connectivity index (χ1n) is 5.22. The van der Waals surface area contributed by atoms with E-state index >= 15 is 0 Å². The Hall–Kier alpha value is -1.38. The lowest BCUT2D eigenvalue weighted by Crippen LogP contribution is -2.21. The van der Waals surface area contributed by atoms with Gasteiger partial charge in [-0.25, -0.2) is 0 Å². The van der Waals surface area contributed by atoms with Gasteiger partial charge in [-0.05, 0) is 13.8 Å². The Kier molecular flexibility index (Phi) is 1.54. The van der Waals surface area contributed by atoms with Crippen LogP contribution in [0.2, 0.25) is 0 Å². The number of esters is 2. The van der Waals surface area contributed by atoms with Crippen LogP contribution in [0, 0.1) is 23.7 Å². The number of hydrogen-bond acceptors (Lipinski definition) is 3. The van der Waals surface area contributed by atoms with Crippen LogP contribution in [0.15, 0.2) is 23.3 Å². The second-order valence-corrected chi connectivity index (χ2v) is 4.68. The lowest BCUT2D eigenvalue weighted by atomic mass is 9.85. The van der Waals surface area contributed by atoms with Crippen molar-refractivity contribution in [2.24, 2.45) is 23.7 Å². The summed E-state index contributed by atoms with van der Waals surface area (Å²) in [4.78, 5) is 23.0. The molecule has 2 bridgehead atoms. The Bertz CT molecular complexity index is 394. The zero-order valence-corrected chi connectivity index (χ0v) is 8.69. The van der Waals surface area contributed by atoms with Crippen LogP contribution < -0.4 is 0 Å². The molecule has 1 saturated carbocycles. The molecule has 3 nitrogen and oxygen atoms in total. The van der Waals surface area contributed by atoms with Crippen LogP contribution in [0.1, 0.15) is 13.8 Å². The van der Waals surface area contributed by atoms with Gasteiger partial charge in [-0.3, -0.25) is 9.59 Å². The number of rotatable bonds is 0. The highest BCUT2D eigenvalue weighted by atomic mass is 16.6. The summed E-state index contributed by atoms with van der Waals surface area (Å²) in [6, 6.07) is 0. The molecule has 2 fully saturated rings. The second kappa shape index (κ2) is 2.60. The van der Waals surface area contributed by atoms with Crippen LogP contribution in [0.25, 0.3) is 0 Å². The first-order chi connectivity index (χ1) is 7.11. The third kappa shape index (κ3) is 0.907. The Balaban J connectivity index is 2.13. The molecule has 15 heavy (non-hydrogen) atoms. The molecule has 0 aromatic rings. The average Bonchev–Trinajstić information content (AvgIpc) is 2.77. The van der Waals surface area contributed by atoms with Gasteiger partial charge in [0.1, 0.15) is 0 Å². The standard InChI is InChI=1S/C12H12O3/c1-5(2)8-6-3-4-7(8)10-9(6)11(13)15-12(10)14/h3-4,6-7,9-10H,1-2H3/t6-,7+,9+,10-. The van der Waals surface area contributed by atoms with Crippen molar-refractivity contribution in [1.29, 1.82) is 0 Å². The Morgan fingerprint density at radius 3 is 1.93 bits per heavy atom.